The summed E-state index contributed by atoms with van der Waals surface area (Å²) in [5, 5.41) is 18.8. The van der Waals surface area contributed by atoms with Gasteiger partial charge in [-0.15, -0.1) is 0 Å². The van der Waals surface area contributed by atoms with Crippen LogP contribution in [0.4, 0.5) is 10.8 Å². The van der Waals surface area contributed by atoms with Gasteiger partial charge in [-0.25, -0.2) is 13.4 Å². The molecule has 12 nitrogen and oxygen atoms in total. The fourth-order valence-corrected chi connectivity index (χ4v) is 7.51. The summed E-state index contributed by atoms with van der Waals surface area (Å²) in [6.45, 7) is -0.259. The maximum atomic E-state index is 13.7. The molecule has 0 aliphatic carbocycles. The molecule has 1 fully saturated rings. The van der Waals surface area contributed by atoms with Crippen LogP contribution in [0.2, 0.25) is 5.02 Å². The van der Waals surface area contributed by atoms with Crippen molar-refractivity contribution in [3.8, 4) is 11.5 Å². The maximum Gasteiger partial charge on any atom is 0.289 e. The van der Waals surface area contributed by atoms with Gasteiger partial charge >= 0.3 is 0 Å². The molecule has 2 heterocycles. The van der Waals surface area contributed by atoms with Crippen molar-refractivity contribution in [2.24, 2.45) is 0 Å². The van der Waals surface area contributed by atoms with Crippen LogP contribution in [0, 0.1) is 10.1 Å². The molecule has 0 bridgehead atoms. The Bertz CT molecular complexity index is 1730. The Balaban J connectivity index is 1.49. The molecule has 3 aromatic carbocycles. The summed E-state index contributed by atoms with van der Waals surface area (Å²) in [7, 11) is -1.47. The largest absolute Gasteiger partial charge is 0.496 e. The zero-order valence-electron chi connectivity index (χ0n) is 21.7. The van der Waals surface area contributed by atoms with Gasteiger partial charge in [0.2, 0.25) is 10.0 Å². The van der Waals surface area contributed by atoms with Crippen LogP contribution in [0.1, 0.15) is 10.4 Å². The van der Waals surface area contributed by atoms with Gasteiger partial charge in [0.15, 0.2) is 10.0 Å². The predicted molar refractivity (Wildman–Crippen MR) is 155 cm³/mol. The molecule has 1 amide bonds. The number of fused-ring (bicyclic) bond motifs is 1. The number of thiazole rings is 1. The highest BCUT2D eigenvalue weighted by molar-refractivity contribution is 7.89. The van der Waals surface area contributed by atoms with E-state index in [4.69, 9.17) is 21.1 Å². The Labute approximate surface area is 244 Å². The summed E-state index contributed by atoms with van der Waals surface area (Å²) < 4.78 is 40.0. The number of hydrogen-bond donors (Lipinski definition) is 2. The Kier molecular flexibility index (Phi) is 8.00. The fourth-order valence-electron chi connectivity index (χ4n) is 4.66. The highest BCUT2D eigenvalue weighted by Crippen LogP contribution is 2.33. The second kappa shape index (κ2) is 11.5. The standard InChI is InChI=1S/C26H24ClN5O7S2/c1-38-20-7-5-8-21(39-2)24(20)25(33)28-17-13-31(41(36,37)23-9-4-3-6-19(23)32(34)35)14-18(17)30-26-29-16-11-10-15(27)12-22(16)40-26/h3-12,17-18H,13-14H2,1-2H3,(H,28,33)(H,29,30)/t17-,18+/m0/s1. The number of methoxy groups -OCH3 is 2. The van der Waals surface area contributed by atoms with Gasteiger partial charge in [0.1, 0.15) is 17.1 Å². The minimum atomic E-state index is -4.31. The molecule has 1 saturated heterocycles. The number of nitrogens with one attached hydrogen (secondary N) is 2. The van der Waals surface area contributed by atoms with E-state index in [-0.39, 0.29) is 30.2 Å². The van der Waals surface area contributed by atoms with Crippen LogP contribution in [-0.4, -0.2) is 67.9 Å². The highest BCUT2D eigenvalue weighted by atomic mass is 35.5. The SMILES string of the molecule is COc1cccc(OC)c1C(=O)N[C@H]1CN(S(=O)(=O)c2ccccc2[N+](=O)[O-])C[C@H]1Nc1nc2ccc(Cl)cc2s1. The highest BCUT2D eigenvalue weighted by Gasteiger charge is 2.43. The van der Waals surface area contributed by atoms with Crippen molar-refractivity contribution >= 4 is 59.9 Å². The van der Waals surface area contributed by atoms with Gasteiger partial charge in [0.05, 0.1) is 41.4 Å². The molecule has 0 saturated carbocycles. The van der Waals surface area contributed by atoms with E-state index in [2.05, 4.69) is 15.6 Å². The number of benzene rings is 3. The number of sulfonamides is 1. The number of halogens is 1. The third kappa shape index (κ3) is 5.63. The third-order valence-corrected chi connectivity index (χ3v) is 9.66. The van der Waals surface area contributed by atoms with Gasteiger partial charge < -0.3 is 20.1 Å². The van der Waals surface area contributed by atoms with Crippen LogP contribution in [0.5, 0.6) is 11.5 Å². The number of ether oxygens (including phenoxy) is 2. The molecule has 15 heteroatoms. The van der Waals surface area contributed by atoms with Crippen LogP contribution in [0.15, 0.2) is 65.6 Å². The van der Waals surface area contributed by atoms with Crippen molar-refractivity contribution in [2.45, 2.75) is 17.0 Å². The molecule has 5 rings (SSSR count). The minimum absolute atomic E-state index is 0.0981. The number of carbonyl (C=O) groups is 1. The summed E-state index contributed by atoms with van der Waals surface area (Å²) in [6, 6.07) is 13.9. The number of anilines is 1. The average molecular weight is 618 g/mol. The van der Waals surface area contributed by atoms with E-state index in [0.717, 1.165) is 15.1 Å². The molecule has 41 heavy (non-hydrogen) atoms. The van der Waals surface area contributed by atoms with Gasteiger partial charge in [-0.3, -0.25) is 14.9 Å². The van der Waals surface area contributed by atoms with Gasteiger partial charge in [-0.2, -0.15) is 4.31 Å². The summed E-state index contributed by atoms with van der Waals surface area (Å²) in [6.07, 6.45) is 0. The number of para-hydroxylation sites is 1. The van der Waals surface area contributed by atoms with Crippen molar-refractivity contribution in [1.82, 2.24) is 14.6 Å². The Morgan fingerprint density at radius 1 is 1.07 bits per heavy atom. The van der Waals surface area contributed by atoms with Crippen LogP contribution >= 0.6 is 22.9 Å². The van der Waals surface area contributed by atoms with E-state index in [0.29, 0.717) is 15.7 Å². The van der Waals surface area contributed by atoms with Crippen molar-refractivity contribution in [3.05, 3.63) is 81.4 Å². The van der Waals surface area contributed by atoms with E-state index in [9.17, 15) is 23.3 Å². The van der Waals surface area contributed by atoms with E-state index in [1.165, 1.54) is 43.8 Å². The lowest BCUT2D eigenvalue weighted by Gasteiger charge is -2.22. The molecular formula is C26H24ClN5O7S2. The van der Waals surface area contributed by atoms with Crippen molar-refractivity contribution in [1.29, 1.82) is 0 Å². The molecule has 0 spiro atoms. The number of nitrogens with zero attached hydrogens (tertiary/aromatic N) is 3. The number of amides is 1. The first kappa shape index (κ1) is 28.5. The maximum absolute atomic E-state index is 13.7. The van der Waals surface area contributed by atoms with Gasteiger partial charge in [-0.05, 0) is 36.4 Å². The normalized spacial score (nSPS) is 17.3. The Morgan fingerprint density at radius 3 is 2.44 bits per heavy atom. The number of rotatable bonds is 9. The van der Waals surface area contributed by atoms with E-state index < -0.39 is 43.5 Å². The van der Waals surface area contributed by atoms with E-state index in [1.54, 1.807) is 36.4 Å². The molecule has 1 aromatic heterocycles. The van der Waals surface area contributed by atoms with Gasteiger partial charge in [-0.1, -0.05) is 41.1 Å². The van der Waals surface area contributed by atoms with E-state index in [1.807, 2.05) is 0 Å². The molecule has 2 N–H and O–H groups in total. The molecule has 4 aromatic rings. The Morgan fingerprint density at radius 2 is 1.76 bits per heavy atom. The second-order valence-corrected chi connectivity index (χ2v) is 12.4. The molecule has 0 radical (unpaired) electrons. The molecule has 2 atom stereocenters. The first-order valence-electron chi connectivity index (χ1n) is 12.2. The number of carbonyl (C=O) groups excluding carboxylic acids is 1. The lowest BCUT2D eigenvalue weighted by molar-refractivity contribution is -0.387. The number of nitro groups is 1. The summed E-state index contributed by atoms with van der Waals surface area (Å²) in [4.78, 5) is 28.5. The molecule has 1 aliphatic heterocycles. The average Bonchev–Trinajstić information content (AvgIpc) is 3.55. The first-order chi connectivity index (χ1) is 19.6. The van der Waals surface area contributed by atoms with Gasteiger partial charge in [0, 0.05) is 24.2 Å². The summed E-state index contributed by atoms with van der Waals surface area (Å²) in [5.41, 5.74) is 0.306. The second-order valence-electron chi connectivity index (χ2n) is 9.05. The third-order valence-electron chi connectivity index (χ3n) is 6.60. The van der Waals surface area contributed by atoms with Crippen LogP contribution in [0.25, 0.3) is 10.2 Å². The summed E-state index contributed by atoms with van der Waals surface area (Å²) >= 11 is 7.44. The van der Waals surface area contributed by atoms with Crippen molar-refractivity contribution < 1.29 is 27.6 Å². The topological polar surface area (TPSA) is 153 Å². The van der Waals surface area contributed by atoms with Crippen molar-refractivity contribution in [2.75, 3.05) is 32.6 Å². The van der Waals surface area contributed by atoms with Crippen LogP contribution in [0.3, 0.4) is 0 Å². The monoisotopic (exact) mass is 617 g/mol. The Hall–Kier alpha value is -3.98. The predicted octanol–water partition coefficient (Wildman–Crippen LogP) is 4.16. The summed E-state index contributed by atoms with van der Waals surface area (Å²) in [5.74, 6) is 0.00529. The minimum Gasteiger partial charge on any atom is -0.496 e. The zero-order chi connectivity index (χ0) is 29.3. The number of nitro benzene ring substituents is 1. The fraction of sp³-hybridized carbons (Fsp3) is 0.231. The van der Waals surface area contributed by atoms with Crippen LogP contribution in [-0.2, 0) is 10.0 Å². The van der Waals surface area contributed by atoms with Gasteiger partial charge in [0.25, 0.3) is 11.6 Å². The number of hydrogen-bond acceptors (Lipinski definition) is 10. The lowest BCUT2D eigenvalue weighted by atomic mass is 10.1. The molecule has 214 valence electrons. The lowest BCUT2D eigenvalue weighted by Crippen LogP contribution is -2.46. The molecule has 1 aliphatic rings. The number of aromatic nitrogens is 1. The smallest absolute Gasteiger partial charge is 0.289 e. The quantitative estimate of drug-likeness (QED) is 0.208. The first-order valence-corrected chi connectivity index (χ1v) is 14.8. The zero-order valence-corrected chi connectivity index (χ0v) is 24.1. The van der Waals surface area contributed by atoms with Crippen LogP contribution < -0.4 is 20.1 Å². The molecule has 0 unspecified atom stereocenters. The molecular weight excluding hydrogens is 594 g/mol. The van der Waals surface area contributed by atoms with E-state index >= 15 is 0 Å². The van der Waals surface area contributed by atoms with Crippen molar-refractivity contribution in [3.63, 3.8) is 0 Å².